The zero-order chi connectivity index (χ0) is 15.7. The molecular weight excluding hydrogens is 318 g/mol. The van der Waals surface area contributed by atoms with Crippen LogP contribution in [0.25, 0.3) is 0 Å². The first-order chi connectivity index (χ1) is 10.6. The fraction of sp³-hybridized carbons (Fsp3) is 0.357. The van der Waals surface area contributed by atoms with Gasteiger partial charge in [0.15, 0.2) is 0 Å². The van der Waals surface area contributed by atoms with Crippen LogP contribution in [0.15, 0.2) is 11.4 Å². The van der Waals surface area contributed by atoms with E-state index < -0.39 is 29.2 Å². The number of nitrogens with zero attached hydrogens (tertiary/aromatic N) is 2. The van der Waals surface area contributed by atoms with Gasteiger partial charge < -0.3 is 5.32 Å². The third kappa shape index (κ3) is 2.93. The molecule has 0 amide bonds. The summed E-state index contributed by atoms with van der Waals surface area (Å²) in [6.45, 7) is 2.31. The van der Waals surface area contributed by atoms with E-state index in [9.17, 15) is 17.6 Å². The number of nitrogens with one attached hydrogen (secondary N) is 1. The lowest BCUT2D eigenvalue weighted by molar-refractivity contribution is 0.266. The Morgan fingerprint density at radius 3 is 2.64 bits per heavy atom. The summed E-state index contributed by atoms with van der Waals surface area (Å²) in [6.07, 6.45) is 0.939. The van der Waals surface area contributed by atoms with E-state index in [1.165, 1.54) is 10.4 Å². The number of hydrogen-bond acceptors (Lipinski definition) is 4. The fourth-order valence-electron chi connectivity index (χ4n) is 2.48. The molecule has 2 aromatic rings. The molecule has 3 heterocycles. The zero-order valence-corrected chi connectivity index (χ0v) is 12.3. The van der Waals surface area contributed by atoms with Crippen LogP contribution < -0.4 is 5.32 Å². The normalized spacial score (nSPS) is 14.9. The van der Waals surface area contributed by atoms with Crippen molar-refractivity contribution in [2.24, 2.45) is 0 Å². The van der Waals surface area contributed by atoms with Gasteiger partial charge in [0.25, 0.3) is 11.9 Å². The highest BCUT2D eigenvalue weighted by Gasteiger charge is 2.21. The number of anilines is 1. The van der Waals surface area contributed by atoms with E-state index in [1.807, 2.05) is 5.38 Å². The molecule has 0 unspecified atom stereocenters. The Balaban J connectivity index is 1.60. The first-order valence-electron chi connectivity index (χ1n) is 6.77. The number of fused-ring (bicyclic) bond motifs is 1. The first kappa shape index (κ1) is 15.2. The predicted octanol–water partition coefficient (Wildman–Crippen LogP) is 3.17. The summed E-state index contributed by atoms with van der Waals surface area (Å²) in [5.41, 5.74) is 0.452. The number of rotatable bonds is 4. The Morgan fingerprint density at radius 1 is 1.18 bits per heavy atom. The summed E-state index contributed by atoms with van der Waals surface area (Å²) < 4.78 is 52.9. The molecule has 0 spiro atoms. The standard InChI is InChI=1S/C14H13F4N3S/c15-10-12(11(16)14(18)20-13(10)17)19-3-5-21-4-1-9-8(7-21)2-6-22-9/h2,6H,1,3-5,7H2,(H,19,20). The highest BCUT2D eigenvalue weighted by molar-refractivity contribution is 7.10. The number of halogens is 4. The quantitative estimate of drug-likeness (QED) is 0.689. The molecule has 1 aliphatic heterocycles. The number of thiophene rings is 1. The van der Waals surface area contributed by atoms with Crippen molar-refractivity contribution in [3.05, 3.63) is 45.4 Å². The van der Waals surface area contributed by atoms with Crippen LogP contribution in [-0.4, -0.2) is 29.5 Å². The summed E-state index contributed by atoms with van der Waals surface area (Å²) in [7, 11) is 0. The molecule has 118 valence electrons. The van der Waals surface area contributed by atoms with Crippen LogP contribution in [0.1, 0.15) is 10.4 Å². The molecule has 1 aliphatic rings. The van der Waals surface area contributed by atoms with Crippen LogP contribution in [0.5, 0.6) is 0 Å². The largest absolute Gasteiger partial charge is 0.379 e. The van der Waals surface area contributed by atoms with Crippen molar-refractivity contribution in [2.75, 3.05) is 25.0 Å². The van der Waals surface area contributed by atoms with Gasteiger partial charge in [-0.25, -0.2) is 0 Å². The second-order valence-electron chi connectivity index (χ2n) is 5.02. The maximum Gasteiger partial charge on any atom is 0.253 e. The van der Waals surface area contributed by atoms with Crippen molar-refractivity contribution in [3.8, 4) is 0 Å². The molecule has 0 radical (unpaired) electrons. The Labute approximate surface area is 128 Å². The van der Waals surface area contributed by atoms with Crippen molar-refractivity contribution >= 4 is 17.0 Å². The molecule has 3 nitrogen and oxygen atoms in total. The molecule has 2 aromatic heterocycles. The lowest BCUT2D eigenvalue weighted by atomic mass is 10.1. The third-order valence-electron chi connectivity index (χ3n) is 3.61. The number of pyridine rings is 1. The average molecular weight is 331 g/mol. The molecular formula is C14H13F4N3S. The predicted molar refractivity (Wildman–Crippen MR) is 75.9 cm³/mol. The van der Waals surface area contributed by atoms with E-state index in [1.54, 1.807) is 11.3 Å². The molecule has 3 rings (SSSR count). The van der Waals surface area contributed by atoms with Gasteiger partial charge in [0.05, 0.1) is 0 Å². The van der Waals surface area contributed by atoms with Crippen molar-refractivity contribution in [3.63, 3.8) is 0 Å². The van der Waals surface area contributed by atoms with Crippen molar-refractivity contribution in [1.29, 1.82) is 0 Å². The topological polar surface area (TPSA) is 28.2 Å². The van der Waals surface area contributed by atoms with E-state index in [0.717, 1.165) is 19.5 Å². The van der Waals surface area contributed by atoms with Crippen LogP contribution in [0.3, 0.4) is 0 Å². The summed E-state index contributed by atoms with van der Waals surface area (Å²) in [4.78, 5) is 6.00. The van der Waals surface area contributed by atoms with Gasteiger partial charge in [-0.1, -0.05) is 0 Å². The van der Waals surface area contributed by atoms with E-state index in [2.05, 4.69) is 21.3 Å². The van der Waals surface area contributed by atoms with Crippen molar-refractivity contribution in [1.82, 2.24) is 9.88 Å². The van der Waals surface area contributed by atoms with Gasteiger partial charge in [0.2, 0.25) is 11.6 Å². The zero-order valence-electron chi connectivity index (χ0n) is 11.5. The van der Waals surface area contributed by atoms with Gasteiger partial charge in [-0.05, 0) is 23.4 Å². The molecule has 1 N–H and O–H groups in total. The van der Waals surface area contributed by atoms with E-state index in [4.69, 9.17) is 0 Å². The van der Waals surface area contributed by atoms with Crippen molar-refractivity contribution < 1.29 is 17.6 Å². The van der Waals surface area contributed by atoms with Gasteiger partial charge >= 0.3 is 0 Å². The Hall–Kier alpha value is -1.67. The summed E-state index contributed by atoms with van der Waals surface area (Å²) in [5, 5.41) is 4.46. The first-order valence-corrected chi connectivity index (χ1v) is 7.65. The Kier molecular flexibility index (Phi) is 4.30. The molecule has 0 saturated heterocycles. The van der Waals surface area contributed by atoms with Gasteiger partial charge in [-0.15, -0.1) is 11.3 Å². The van der Waals surface area contributed by atoms with E-state index in [-0.39, 0.29) is 6.54 Å². The number of hydrogen-bond donors (Lipinski definition) is 1. The molecule has 0 aliphatic carbocycles. The van der Waals surface area contributed by atoms with Crippen LogP contribution in [-0.2, 0) is 13.0 Å². The molecule has 22 heavy (non-hydrogen) atoms. The van der Waals surface area contributed by atoms with Crippen LogP contribution in [0.2, 0.25) is 0 Å². The lowest BCUT2D eigenvalue weighted by Gasteiger charge is -2.26. The second-order valence-corrected chi connectivity index (χ2v) is 6.02. The van der Waals surface area contributed by atoms with Crippen LogP contribution >= 0.6 is 11.3 Å². The van der Waals surface area contributed by atoms with Gasteiger partial charge in [0.1, 0.15) is 5.69 Å². The molecule has 0 bridgehead atoms. The Morgan fingerprint density at radius 2 is 1.91 bits per heavy atom. The smallest absolute Gasteiger partial charge is 0.253 e. The second kappa shape index (κ2) is 6.21. The average Bonchev–Trinajstić information content (AvgIpc) is 2.96. The highest BCUT2D eigenvalue weighted by atomic mass is 32.1. The lowest BCUT2D eigenvalue weighted by Crippen LogP contribution is -2.33. The summed E-state index contributed by atoms with van der Waals surface area (Å²) >= 11 is 1.72. The monoisotopic (exact) mass is 331 g/mol. The SMILES string of the molecule is Fc1nc(F)c(F)c(NCCN2CCc3sccc3C2)c1F. The minimum absolute atomic E-state index is 0.177. The molecule has 0 saturated carbocycles. The third-order valence-corrected chi connectivity index (χ3v) is 4.64. The maximum absolute atomic E-state index is 13.4. The molecule has 0 aromatic carbocycles. The molecule has 0 fully saturated rings. The van der Waals surface area contributed by atoms with Gasteiger partial charge in [-0.2, -0.15) is 22.5 Å². The summed E-state index contributed by atoms with van der Waals surface area (Å²) in [6, 6.07) is 2.06. The van der Waals surface area contributed by atoms with Crippen LogP contribution in [0, 0.1) is 23.5 Å². The summed E-state index contributed by atoms with van der Waals surface area (Å²) in [5.74, 6) is -6.31. The minimum atomic E-state index is -1.65. The molecule has 8 heteroatoms. The van der Waals surface area contributed by atoms with E-state index >= 15 is 0 Å². The maximum atomic E-state index is 13.4. The van der Waals surface area contributed by atoms with Gasteiger partial charge in [-0.3, -0.25) is 4.90 Å². The fourth-order valence-corrected chi connectivity index (χ4v) is 3.37. The van der Waals surface area contributed by atoms with E-state index in [0.29, 0.717) is 6.54 Å². The van der Waals surface area contributed by atoms with Crippen LogP contribution in [0.4, 0.5) is 23.2 Å². The van der Waals surface area contributed by atoms with Crippen molar-refractivity contribution in [2.45, 2.75) is 13.0 Å². The minimum Gasteiger partial charge on any atom is -0.379 e. The van der Waals surface area contributed by atoms with Gasteiger partial charge in [0, 0.05) is 31.1 Å². The number of aromatic nitrogens is 1. The Bertz CT molecular complexity index is 663. The highest BCUT2D eigenvalue weighted by Crippen LogP contribution is 2.24. The molecule has 0 atom stereocenters.